The maximum absolute atomic E-state index is 14.5. The molecule has 4 aliphatic rings. The van der Waals surface area contributed by atoms with Crippen molar-refractivity contribution in [3.8, 4) is 11.6 Å². The van der Waals surface area contributed by atoms with Crippen LogP contribution >= 0.6 is 0 Å². The van der Waals surface area contributed by atoms with Crippen molar-refractivity contribution in [1.29, 1.82) is 0 Å². The molecule has 6 rings (SSSR count). The third-order valence-electron chi connectivity index (χ3n) is 11.1. The number of carboxylic acid groups (broad SMARTS) is 1. The highest BCUT2D eigenvalue weighted by atomic mass is 32.2. The van der Waals surface area contributed by atoms with E-state index in [1.165, 1.54) is 4.90 Å². The van der Waals surface area contributed by atoms with Crippen molar-refractivity contribution < 1.29 is 46.6 Å². The first-order valence-corrected chi connectivity index (χ1v) is 19.3. The van der Waals surface area contributed by atoms with E-state index in [4.69, 9.17) is 9.47 Å². The maximum atomic E-state index is 14.5. The molecule has 52 heavy (non-hydrogen) atoms. The summed E-state index contributed by atoms with van der Waals surface area (Å²) in [5.41, 5.74) is -1.66. The van der Waals surface area contributed by atoms with Gasteiger partial charge in [0.05, 0.1) is 13.7 Å². The fourth-order valence-corrected chi connectivity index (χ4v) is 9.04. The number of alkyl halides is 1. The van der Waals surface area contributed by atoms with Gasteiger partial charge in [0, 0.05) is 23.9 Å². The van der Waals surface area contributed by atoms with Crippen molar-refractivity contribution in [3.63, 3.8) is 0 Å². The molecule has 0 radical (unpaired) electrons. The molecule has 1 aromatic heterocycles. The number of carbonyl (C=O) groups excluding carboxylic acids is 3. The number of methoxy groups -OCH3 is 1. The Hall–Kier alpha value is -4.47. The lowest BCUT2D eigenvalue weighted by molar-refractivity contribution is -0.142. The number of ether oxygens (including phenoxy) is 2. The number of allylic oxidation sites excluding steroid dienone is 1. The number of fused-ring (bicyclic) bond motifs is 3. The van der Waals surface area contributed by atoms with Crippen LogP contribution in [0.5, 0.6) is 11.6 Å². The summed E-state index contributed by atoms with van der Waals surface area (Å²) in [4.78, 5) is 60.3. The van der Waals surface area contributed by atoms with E-state index in [1.54, 1.807) is 37.6 Å². The van der Waals surface area contributed by atoms with Gasteiger partial charge in [-0.3, -0.25) is 19.1 Å². The fraction of sp³-hybridized carbons (Fsp3) is 0.583. The van der Waals surface area contributed by atoms with Gasteiger partial charge in [-0.2, -0.15) is 0 Å². The number of aromatic nitrogens is 1. The second kappa shape index (κ2) is 14.5. The van der Waals surface area contributed by atoms with Crippen LogP contribution in [0.4, 0.5) is 9.18 Å². The number of pyridine rings is 1. The van der Waals surface area contributed by atoms with Gasteiger partial charge < -0.3 is 30.1 Å². The average Bonchev–Trinajstić information content (AvgIpc) is 4.02. The predicted molar refractivity (Wildman–Crippen MR) is 188 cm³/mol. The lowest BCUT2D eigenvalue weighted by atomic mass is 9.85. The topological polar surface area (TPSA) is 193 Å². The summed E-state index contributed by atoms with van der Waals surface area (Å²) in [6.07, 6.45) is 5.67. The van der Waals surface area contributed by atoms with Gasteiger partial charge in [0.1, 0.15) is 40.9 Å². The van der Waals surface area contributed by atoms with Gasteiger partial charge in [-0.25, -0.2) is 22.6 Å². The normalized spacial score (nSPS) is 30.8. The zero-order chi connectivity index (χ0) is 37.4. The van der Waals surface area contributed by atoms with Gasteiger partial charge in [-0.15, -0.1) is 0 Å². The SMILES string of the molecule is CC[C@@H]1C[C@H](C)CC/C=C\[C@@H]2C[C@@]2(C(=O)NS(=O)(=O)C2(CF)CC2)NC(=O)[C@@H]2C[C@@H](Oc3nccc4cc(OC)ccc34)CN2C(=O)[C@H]1NC(=O)O. The zero-order valence-corrected chi connectivity index (χ0v) is 30.3. The minimum absolute atomic E-state index is 0.0275. The molecule has 4 N–H and O–H groups in total. The number of hydrogen-bond donors (Lipinski definition) is 4. The number of amides is 4. The minimum Gasteiger partial charge on any atom is -0.497 e. The molecule has 14 nitrogen and oxygen atoms in total. The van der Waals surface area contributed by atoms with Crippen LogP contribution in [-0.2, 0) is 24.4 Å². The van der Waals surface area contributed by atoms with Crippen LogP contribution in [-0.4, -0.2) is 96.0 Å². The molecule has 3 heterocycles. The lowest BCUT2D eigenvalue weighted by Crippen LogP contribution is -2.59. The molecular formula is C36H46FN5O9S. The molecule has 282 valence electrons. The van der Waals surface area contributed by atoms with E-state index < -0.39 is 74.9 Å². The van der Waals surface area contributed by atoms with Gasteiger partial charge in [0.15, 0.2) is 0 Å². The van der Waals surface area contributed by atoms with E-state index in [9.17, 15) is 37.1 Å². The van der Waals surface area contributed by atoms with Crippen LogP contribution in [0.1, 0.15) is 65.2 Å². The first-order chi connectivity index (χ1) is 24.8. The summed E-state index contributed by atoms with van der Waals surface area (Å²) in [7, 11) is -2.83. The van der Waals surface area contributed by atoms with Gasteiger partial charge in [-0.1, -0.05) is 32.4 Å². The van der Waals surface area contributed by atoms with E-state index in [-0.39, 0.29) is 49.9 Å². The second-order valence-corrected chi connectivity index (χ2v) is 16.7. The molecule has 7 atom stereocenters. The summed E-state index contributed by atoms with van der Waals surface area (Å²) >= 11 is 0. The number of rotatable bonds is 9. The molecule has 2 aliphatic carbocycles. The molecule has 2 saturated carbocycles. The summed E-state index contributed by atoms with van der Waals surface area (Å²) in [6, 6.07) is 4.76. The second-order valence-electron chi connectivity index (χ2n) is 14.6. The largest absolute Gasteiger partial charge is 0.497 e. The molecule has 2 aromatic rings. The summed E-state index contributed by atoms with van der Waals surface area (Å²) < 4.78 is 52.0. The Bertz CT molecular complexity index is 1870. The van der Waals surface area contributed by atoms with Gasteiger partial charge in [-0.05, 0) is 80.0 Å². The van der Waals surface area contributed by atoms with E-state index in [2.05, 4.69) is 20.3 Å². The van der Waals surface area contributed by atoms with Crippen molar-refractivity contribution in [2.45, 2.75) is 93.7 Å². The Morgan fingerprint density at radius 1 is 1.19 bits per heavy atom. The summed E-state index contributed by atoms with van der Waals surface area (Å²) in [5.74, 6) is -2.25. The van der Waals surface area contributed by atoms with Crippen molar-refractivity contribution >= 4 is 44.6 Å². The van der Waals surface area contributed by atoms with Gasteiger partial charge in [0.2, 0.25) is 27.7 Å². The quantitative estimate of drug-likeness (QED) is 0.277. The highest BCUT2D eigenvalue weighted by Gasteiger charge is 2.64. The van der Waals surface area contributed by atoms with E-state index in [1.807, 2.05) is 26.0 Å². The number of carbonyl (C=O) groups is 4. The van der Waals surface area contributed by atoms with Crippen LogP contribution in [0.25, 0.3) is 10.8 Å². The first kappa shape index (κ1) is 37.3. The third-order valence-corrected chi connectivity index (χ3v) is 13.2. The number of sulfonamides is 1. The Labute approximate surface area is 301 Å². The van der Waals surface area contributed by atoms with Crippen LogP contribution in [0.2, 0.25) is 0 Å². The highest BCUT2D eigenvalue weighted by molar-refractivity contribution is 7.91. The Kier molecular flexibility index (Phi) is 10.4. The fourth-order valence-electron chi connectivity index (χ4n) is 7.61. The van der Waals surface area contributed by atoms with E-state index in [0.29, 0.717) is 36.8 Å². The molecule has 0 unspecified atom stereocenters. The molecule has 0 spiro atoms. The number of hydrogen-bond acceptors (Lipinski definition) is 9. The minimum atomic E-state index is -4.38. The average molecular weight is 744 g/mol. The maximum Gasteiger partial charge on any atom is 0.405 e. The number of nitrogens with zero attached hydrogens (tertiary/aromatic N) is 2. The van der Waals surface area contributed by atoms with Gasteiger partial charge in [0.25, 0.3) is 5.91 Å². The van der Waals surface area contributed by atoms with Crippen molar-refractivity contribution in [3.05, 3.63) is 42.6 Å². The molecule has 16 heteroatoms. The Balaban J connectivity index is 1.35. The lowest BCUT2D eigenvalue weighted by Gasteiger charge is -2.33. The van der Waals surface area contributed by atoms with Crippen molar-refractivity contribution in [2.75, 3.05) is 20.3 Å². The standard InChI is InChI=1S/C36H46FN5O9S/c1-4-22-15-21(2)7-5-6-8-24-18-36(24,33(45)41-52(48,49)35(20-37)12-13-35)40-30(43)28-17-26(19-42(28)32(44)29(22)39-34(46)47)51-31-27-10-9-25(50-3)16-23(27)11-14-38-31/h6,8-11,14,16,21-22,24,26,28-29,39H,4-5,7,12-13,15,17-20H2,1-3H3,(H,40,43)(H,41,45)(H,46,47)/b8-6-/t21-,22-,24-,26-,28+,29+,36-/m1/s1. The molecule has 4 amide bonds. The molecule has 1 aromatic carbocycles. The van der Waals surface area contributed by atoms with Crippen molar-refractivity contribution in [2.24, 2.45) is 17.8 Å². The smallest absolute Gasteiger partial charge is 0.405 e. The Morgan fingerprint density at radius 3 is 2.63 bits per heavy atom. The van der Waals surface area contributed by atoms with E-state index in [0.717, 1.165) is 5.39 Å². The Morgan fingerprint density at radius 2 is 1.96 bits per heavy atom. The molecular weight excluding hydrogens is 697 g/mol. The molecule has 3 fully saturated rings. The third kappa shape index (κ3) is 7.26. The monoisotopic (exact) mass is 743 g/mol. The summed E-state index contributed by atoms with van der Waals surface area (Å²) in [6.45, 7) is 2.68. The number of benzene rings is 1. The van der Waals surface area contributed by atoms with Gasteiger partial charge >= 0.3 is 6.09 Å². The number of nitrogens with one attached hydrogen (secondary N) is 3. The highest BCUT2D eigenvalue weighted by Crippen LogP contribution is 2.48. The molecule has 0 bridgehead atoms. The molecule has 2 aliphatic heterocycles. The predicted octanol–water partition coefficient (Wildman–Crippen LogP) is 3.45. The summed E-state index contributed by atoms with van der Waals surface area (Å²) in [5, 5.41) is 16.5. The van der Waals surface area contributed by atoms with E-state index >= 15 is 0 Å². The van der Waals surface area contributed by atoms with Crippen LogP contribution in [0, 0.1) is 17.8 Å². The molecule has 1 saturated heterocycles. The van der Waals surface area contributed by atoms with Crippen LogP contribution in [0.15, 0.2) is 42.6 Å². The number of halogens is 1. The first-order valence-electron chi connectivity index (χ1n) is 17.8. The van der Waals surface area contributed by atoms with Crippen LogP contribution < -0.4 is 24.8 Å². The zero-order valence-electron chi connectivity index (χ0n) is 29.5. The van der Waals surface area contributed by atoms with Crippen LogP contribution in [0.3, 0.4) is 0 Å². The van der Waals surface area contributed by atoms with Crippen molar-refractivity contribution in [1.82, 2.24) is 25.2 Å².